The molecule has 0 saturated carbocycles. The van der Waals surface area contributed by atoms with Crippen LogP contribution in [-0.4, -0.2) is 18.6 Å². The van der Waals surface area contributed by atoms with Gasteiger partial charge in [0.15, 0.2) is 0 Å². The van der Waals surface area contributed by atoms with Crippen molar-refractivity contribution in [2.45, 2.75) is 19.9 Å². The largest absolute Gasteiger partial charge is 0.310 e. The van der Waals surface area contributed by atoms with Gasteiger partial charge in [-0.2, -0.15) is 11.8 Å². The highest BCUT2D eigenvalue weighted by Crippen LogP contribution is 2.14. The lowest BCUT2D eigenvalue weighted by Crippen LogP contribution is -2.25. The van der Waals surface area contributed by atoms with Crippen LogP contribution in [0.4, 0.5) is 4.39 Å². The molecule has 0 amide bonds. The number of nitrogens with one attached hydrogen (secondary N) is 1. The lowest BCUT2D eigenvalue weighted by Gasteiger charge is -2.17. The van der Waals surface area contributed by atoms with E-state index < -0.39 is 0 Å². The fourth-order valence-electron chi connectivity index (χ4n) is 1.62. The zero-order chi connectivity index (χ0) is 12.0. The molecule has 2 unspecified atom stereocenters. The molecule has 1 rings (SSSR count). The van der Waals surface area contributed by atoms with Crippen molar-refractivity contribution in [2.75, 3.05) is 18.6 Å². The van der Waals surface area contributed by atoms with Crippen LogP contribution in [0.2, 0.25) is 0 Å². The monoisotopic (exact) mass is 241 g/mol. The molecule has 1 aromatic carbocycles. The first-order chi connectivity index (χ1) is 7.63. The molecule has 0 heterocycles. The molecule has 0 fully saturated rings. The molecular formula is C13H20FNS. The topological polar surface area (TPSA) is 12.0 Å². The van der Waals surface area contributed by atoms with Gasteiger partial charge >= 0.3 is 0 Å². The second kappa shape index (κ2) is 6.92. The number of hydrogen-bond acceptors (Lipinski definition) is 2. The van der Waals surface area contributed by atoms with E-state index in [0.717, 1.165) is 17.9 Å². The molecule has 0 aliphatic rings. The van der Waals surface area contributed by atoms with Crippen LogP contribution in [0.1, 0.15) is 25.5 Å². The Kier molecular flexibility index (Phi) is 5.85. The first-order valence-electron chi connectivity index (χ1n) is 5.61. The van der Waals surface area contributed by atoms with Crippen LogP contribution in [-0.2, 0) is 0 Å². The highest BCUT2D eigenvalue weighted by atomic mass is 32.2. The third-order valence-corrected chi connectivity index (χ3v) is 3.47. The van der Waals surface area contributed by atoms with Crippen molar-refractivity contribution in [1.82, 2.24) is 5.32 Å². The molecule has 0 aromatic heterocycles. The van der Waals surface area contributed by atoms with Gasteiger partial charge in [0.2, 0.25) is 0 Å². The van der Waals surface area contributed by atoms with Crippen LogP contribution in [0.25, 0.3) is 0 Å². The standard InChI is InChI=1S/C13H20FNS/c1-10(9-16-3)8-15-11(2)12-5-4-6-13(14)7-12/h4-7,10-11,15H,8-9H2,1-3H3. The predicted octanol–water partition coefficient (Wildman–Crippen LogP) is 3.48. The molecule has 0 bridgehead atoms. The van der Waals surface area contributed by atoms with Crippen molar-refractivity contribution in [3.8, 4) is 0 Å². The third kappa shape index (κ3) is 4.54. The normalized spacial score (nSPS) is 14.8. The molecule has 0 saturated heterocycles. The van der Waals surface area contributed by atoms with Crippen LogP contribution in [0.15, 0.2) is 24.3 Å². The van der Waals surface area contributed by atoms with E-state index in [4.69, 9.17) is 0 Å². The number of rotatable bonds is 6. The molecule has 0 aliphatic carbocycles. The van der Waals surface area contributed by atoms with E-state index in [1.807, 2.05) is 17.8 Å². The molecule has 1 N–H and O–H groups in total. The molecule has 2 atom stereocenters. The average Bonchev–Trinajstić information content (AvgIpc) is 2.26. The van der Waals surface area contributed by atoms with E-state index in [2.05, 4.69) is 25.4 Å². The maximum absolute atomic E-state index is 13.0. The first-order valence-corrected chi connectivity index (χ1v) is 7.00. The van der Waals surface area contributed by atoms with Crippen molar-refractivity contribution in [2.24, 2.45) is 5.92 Å². The molecule has 1 aromatic rings. The highest BCUT2D eigenvalue weighted by molar-refractivity contribution is 7.98. The minimum atomic E-state index is -0.164. The lowest BCUT2D eigenvalue weighted by atomic mass is 10.1. The molecule has 1 nitrogen and oxygen atoms in total. The van der Waals surface area contributed by atoms with Gasteiger partial charge in [-0.15, -0.1) is 0 Å². The Labute approximate surface area is 102 Å². The van der Waals surface area contributed by atoms with Gasteiger partial charge < -0.3 is 5.32 Å². The summed E-state index contributed by atoms with van der Waals surface area (Å²) < 4.78 is 13.0. The van der Waals surface area contributed by atoms with Crippen molar-refractivity contribution in [3.05, 3.63) is 35.6 Å². The second-order valence-electron chi connectivity index (χ2n) is 4.25. The van der Waals surface area contributed by atoms with Crippen molar-refractivity contribution >= 4 is 11.8 Å². The summed E-state index contributed by atoms with van der Waals surface area (Å²) in [6.45, 7) is 5.26. The molecule has 0 spiro atoms. The number of benzene rings is 1. The summed E-state index contributed by atoms with van der Waals surface area (Å²) in [6, 6.07) is 7.00. The van der Waals surface area contributed by atoms with Gasteiger partial charge in [-0.1, -0.05) is 19.1 Å². The van der Waals surface area contributed by atoms with E-state index in [1.165, 1.54) is 6.07 Å². The smallest absolute Gasteiger partial charge is 0.123 e. The maximum Gasteiger partial charge on any atom is 0.123 e. The second-order valence-corrected chi connectivity index (χ2v) is 5.16. The molecule has 0 radical (unpaired) electrons. The average molecular weight is 241 g/mol. The fourth-order valence-corrected chi connectivity index (χ4v) is 2.30. The van der Waals surface area contributed by atoms with E-state index in [1.54, 1.807) is 12.1 Å². The summed E-state index contributed by atoms with van der Waals surface area (Å²) in [5.41, 5.74) is 1.01. The predicted molar refractivity (Wildman–Crippen MR) is 70.4 cm³/mol. The van der Waals surface area contributed by atoms with Crippen LogP contribution >= 0.6 is 11.8 Å². The Morgan fingerprint density at radius 1 is 1.38 bits per heavy atom. The number of thioether (sulfide) groups is 1. The van der Waals surface area contributed by atoms with Gasteiger partial charge in [0, 0.05) is 6.04 Å². The minimum Gasteiger partial charge on any atom is -0.310 e. The summed E-state index contributed by atoms with van der Waals surface area (Å²) in [5.74, 6) is 1.64. The van der Waals surface area contributed by atoms with Crippen molar-refractivity contribution in [1.29, 1.82) is 0 Å². The Hall–Kier alpha value is -0.540. The van der Waals surface area contributed by atoms with E-state index in [-0.39, 0.29) is 11.9 Å². The summed E-state index contributed by atoms with van der Waals surface area (Å²) in [4.78, 5) is 0. The Morgan fingerprint density at radius 3 is 2.75 bits per heavy atom. The summed E-state index contributed by atoms with van der Waals surface area (Å²) in [6.07, 6.45) is 2.12. The van der Waals surface area contributed by atoms with Crippen LogP contribution in [0.3, 0.4) is 0 Å². The van der Waals surface area contributed by atoms with Gasteiger partial charge in [-0.05, 0) is 49.1 Å². The van der Waals surface area contributed by atoms with Gasteiger partial charge in [0.05, 0.1) is 0 Å². The molecular weight excluding hydrogens is 221 g/mol. The zero-order valence-electron chi connectivity index (χ0n) is 10.2. The van der Waals surface area contributed by atoms with E-state index in [9.17, 15) is 4.39 Å². The van der Waals surface area contributed by atoms with Crippen LogP contribution in [0.5, 0.6) is 0 Å². The number of hydrogen-bond donors (Lipinski definition) is 1. The molecule has 0 aliphatic heterocycles. The van der Waals surface area contributed by atoms with Crippen molar-refractivity contribution in [3.63, 3.8) is 0 Å². The SMILES string of the molecule is CSCC(C)CNC(C)c1cccc(F)c1. The quantitative estimate of drug-likeness (QED) is 0.818. The van der Waals surface area contributed by atoms with Gasteiger partial charge in [0.1, 0.15) is 5.82 Å². The van der Waals surface area contributed by atoms with Gasteiger partial charge in [-0.3, -0.25) is 0 Å². The minimum absolute atomic E-state index is 0.164. The summed E-state index contributed by atoms with van der Waals surface area (Å²) in [7, 11) is 0. The highest BCUT2D eigenvalue weighted by Gasteiger charge is 2.07. The Morgan fingerprint density at radius 2 is 2.12 bits per heavy atom. The Balaban J connectivity index is 2.43. The van der Waals surface area contributed by atoms with Crippen molar-refractivity contribution < 1.29 is 4.39 Å². The number of halogens is 1. The fraction of sp³-hybridized carbons (Fsp3) is 0.538. The summed E-state index contributed by atoms with van der Waals surface area (Å²) in [5, 5.41) is 3.43. The molecule has 90 valence electrons. The zero-order valence-corrected chi connectivity index (χ0v) is 11.0. The Bertz CT molecular complexity index is 317. The summed E-state index contributed by atoms with van der Waals surface area (Å²) >= 11 is 1.86. The molecule has 3 heteroatoms. The van der Waals surface area contributed by atoms with Gasteiger partial charge in [-0.25, -0.2) is 4.39 Å². The van der Waals surface area contributed by atoms with Crippen LogP contribution < -0.4 is 5.32 Å². The lowest BCUT2D eigenvalue weighted by molar-refractivity contribution is 0.498. The third-order valence-electron chi connectivity index (χ3n) is 2.57. The van der Waals surface area contributed by atoms with Crippen LogP contribution in [0, 0.1) is 11.7 Å². The van der Waals surface area contributed by atoms with E-state index >= 15 is 0 Å². The van der Waals surface area contributed by atoms with E-state index in [0.29, 0.717) is 5.92 Å². The maximum atomic E-state index is 13.0. The van der Waals surface area contributed by atoms with Gasteiger partial charge in [0.25, 0.3) is 0 Å². The first kappa shape index (κ1) is 13.5. The molecule has 16 heavy (non-hydrogen) atoms.